The molecule has 6 heteroatoms. The zero-order valence-electron chi connectivity index (χ0n) is 10.4. The lowest BCUT2D eigenvalue weighted by atomic mass is 10.0. The van der Waals surface area contributed by atoms with E-state index in [0.717, 1.165) is 12.1 Å². The smallest absolute Gasteiger partial charge is 0.270 e. The van der Waals surface area contributed by atoms with Gasteiger partial charge in [0.05, 0.1) is 11.0 Å². The fraction of sp³-hybridized carbons (Fsp3) is 0.500. The summed E-state index contributed by atoms with van der Waals surface area (Å²) in [6, 6.07) is 4.51. The summed E-state index contributed by atoms with van der Waals surface area (Å²) in [5.74, 6) is 0.217. The first-order chi connectivity index (χ1) is 8.45. The first kappa shape index (κ1) is 14.9. The number of aliphatic hydroxyl groups excluding tert-OH is 1. The fourth-order valence-corrected chi connectivity index (χ4v) is 1.96. The van der Waals surface area contributed by atoms with Crippen molar-refractivity contribution in [1.29, 1.82) is 0 Å². The van der Waals surface area contributed by atoms with E-state index in [9.17, 15) is 15.2 Å². The lowest BCUT2D eigenvalue weighted by Crippen LogP contribution is -2.26. The highest BCUT2D eigenvalue weighted by atomic mass is 79.9. The number of nitrogens with one attached hydrogen (secondary N) is 1. The highest BCUT2D eigenvalue weighted by molar-refractivity contribution is 9.10. The highest BCUT2D eigenvalue weighted by Gasteiger charge is 2.13. The highest BCUT2D eigenvalue weighted by Crippen LogP contribution is 2.27. The standard InChI is InChI=1S/C12H17BrN2O3/c1-3-8(2)12(16)7-14-11-5-4-9(15(17)18)6-10(11)13/h4-6,8,12,14,16H,3,7H2,1-2H3. The summed E-state index contributed by atoms with van der Waals surface area (Å²) in [6.07, 6.45) is 0.474. The van der Waals surface area contributed by atoms with Gasteiger partial charge in [0.15, 0.2) is 0 Å². The van der Waals surface area contributed by atoms with Crippen LogP contribution >= 0.6 is 15.9 Å². The van der Waals surface area contributed by atoms with Crippen molar-refractivity contribution in [2.45, 2.75) is 26.4 Å². The Kier molecular flexibility index (Phi) is 5.55. The quantitative estimate of drug-likeness (QED) is 0.624. The molecule has 0 aliphatic carbocycles. The molecule has 0 aromatic heterocycles. The number of halogens is 1. The maximum absolute atomic E-state index is 10.6. The molecule has 0 aliphatic heterocycles. The third-order valence-electron chi connectivity index (χ3n) is 2.97. The van der Waals surface area contributed by atoms with Crippen molar-refractivity contribution in [2.24, 2.45) is 5.92 Å². The molecule has 0 saturated heterocycles. The Morgan fingerprint density at radius 1 is 1.56 bits per heavy atom. The molecule has 2 atom stereocenters. The Hall–Kier alpha value is -1.14. The normalized spacial score (nSPS) is 14.0. The Balaban J connectivity index is 2.66. The molecule has 0 saturated carbocycles. The van der Waals surface area contributed by atoms with Crippen LogP contribution in [0, 0.1) is 16.0 Å². The molecule has 1 aromatic carbocycles. The van der Waals surface area contributed by atoms with Gasteiger partial charge in [-0.25, -0.2) is 0 Å². The molecule has 100 valence electrons. The van der Waals surface area contributed by atoms with Crippen molar-refractivity contribution in [1.82, 2.24) is 0 Å². The van der Waals surface area contributed by atoms with E-state index < -0.39 is 11.0 Å². The van der Waals surface area contributed by atoms with Crippen molar-refractivity contribution < 1.29 is 10.0 Å². The molecule has 2 unspecified atom stereocenters. The van der Waals surface area contributed by atoms with E-state index in [0.29, 0.717) is 11.0 Å². The lowest BCUT2D eigenvalue weighted by Gasteiger charge is -2.18. The first-order valence-corrected chi connectivity index (χ1v) is 6.60. The monoisotopic (exact) mass is 316 g/mol. The van der Waals surface area contributed by atoms with Crippen LogP contribution in [0.2, 0.25) is 0 Å². The van der Waals surface area contributed by atoms with Gasteiger partial charge in [-0.15, -0.1) is 0 Å². The van der Waals surface area contributed by atoms with Gasteiger partial charge < -0.3 is 10.4 Å². The molecule has 0 spiro atoms. The number of aliphatic hydroxyl groups is 1. The molecule has 1 rings (SSSR count). The molecule has 0 fully saturated rings. The van der Waals surface area contributed by atoms with Gasteiger partial charge in [0.1, 0.15) is 0 Å². The Labute approximate surface area is 114 Å². The Bertz CT molecular complexity index is 426. The largest absolute Gasteiger partial charge is 0.391 e. The molecule has 0 bridgehead atoms. The number of nitro benzene ring substituents is 1. The third-order valence-corrected chi connectivity index (χ3v) is 3.62. The summed E-state index contributed by atoms with van der Waals surface area (Å²) in [4.78, 5) is 10.1. The number of nitro groups is 1. The van der Waals surface area contributed by atoms with Crippen LogP contribution in [0.25, 0.3) is 0 Å². The number of anilines is 1. The molecule has 18 heavy (non-hydrogen) atoms. The van der Waals surface area contributed by atoms with Gasteiger partial charge >= 0.3 is 0 Å². The maximum atomic E-state index is 10.6. The zero-order valence-corrected chi connectivity index (χ0v) is 12.0. The van der Waals surface area contributed by atoms with Crippen LogP contribution in [0.4, 0.5) is 11.4 Å². The molecular weight excluding hydrogens is 300 g/mol. The topological polar surface area (TPSA) is 75.4 Å². The molecular formula is C12H17BrN2O3. The minimum absolute atomic E-state index is 0.0369. The van der Waals surface area contributed by atoms with Crippen molar-refractivity contribution in [3.05, 3.63) is 32.8 Å². The zero-order chi connectivity index (χ0) is 13.7. The van der Waals surface area contributed by atoms with Gasteiger partial charge in [-0.1, -0.05) is 20.3 Å². The van der Waals surface area contributed by atoms with Gasteiger partial charge in [-0.2, -0.15) is 0 Å². The average molecular weight is 317 g/mol. The van der Waals surface area contributed by atoms with Crippen molar-refractivity contribution in [3.8, 4) is 0 Å². The summed E-state index contributed by atoms with van der Waals surface area (Å²) in [5.41, 5.74) is 0.776. The van der Waals surface area contributed by atoms with Crippen LogP contribution in [0.3, 0.4) is 0 Å². The van der Waals surface area contributed by atoms with E-state index in [1.807, 2.05) is 13.8 Å². The predicted octanol–water partition coefficient (Wildman–Crippen LogP) is 3.18. The molecule has 2 N–H and O–H groups in total. The number of nitrogens with zero attached hydrogens (tertiary/aromatic N) is 1. The molecule has 1 aromatic rings. The summed E-state index contributed by atoms with van der Waals surface area (Å²) < 4.78 is 0.619. The van der Waals surface area contributed by atoms with E-state index in [2.05, 4.69) is 21.2 Å². The molecule has 0 heterocycles. The van der Waals surface area contributed by atoms with E-state index >= 15 is 0 Å². The van der Waals surface area contributed by atoms with Gasteiger partial charge in [-0.05, 0) is 27.9 Å². The number of rotatable bonds is 6. The summed E-state index contributed by atoms with van der Waals surface area (Å²) >= 11 is 3.27. The number of non-ortho nitro benzene ring substituents is 1. The Morgan fingerprint density at radius 2 is 2.22 bits per heavy atom. The molecule has 0 aliphatic rings. The lowest BCUT2D eigenvalue weighted by molar-refractivity contribution is -0.384. The fourth-order valence-electron chi connectivity index (χ4n) is 1.45. The second-order valence-corrected chi connectivity index (χ2v) is 5.11. The van der Waals surface area contributed by atoms with Gasteiger partial charge in [0.25, 0.3) is 5.69 Å². The number of benzene rings is 1. The van der Waals surface area contributed by atoms with Crippen molar-refractivity contribution in [2.75, 3.05) is 11.9 Å². The predicted molar refractivity (Wildman–Crippen MR) is 74.7 cm³/mol. The van der Waals surface area contributed by atoms with Crippen LogP contribution in [0.15, 0.2) is 22.7 Å². The first-order valence-electron chi connectivity index (χ1n) is 5.81. The van der Waals surface area contributed by atoms with Gasteiger partial charge in [-0.3, -0.25) is 10.1 Å². The number of hydrogen-bond acceptors (Lipinski definition) is 4. The second kappa shape index (κ2) is 6.70. The van der Waals surface area contributed by atoms with E-state index in [4.69, 9.17) is 0 Å². The van der Waals surface area contributed by atoms with E-state index in [1.165, 1.54) is 12.1 Å². The van der Waals surface area contributed by atoms with Gasteiger partial charge in [0, 0.05) is 28.8 Å². The summed E-state index contributed by atoms with van der Waals surface area (Å²) in [6.45, 7) is 4.43. The van der Waals surface area contributed by atoms with Crippen molar-refractivity contribution >= 4 is 27.3 Å². The molecule has 0 amide bonds. The van der Waals surface area contributed by atoms with E-state index in [-0.39, 0.29) is 11.6 Å². The van der Waals surface area contributed by atoms with Crippen molar-refractivity contribution in [3.63, 3.8) is 0 Å². The van der Waals surface area contributed by atoms with Crippen LogP contribution in [0.1, 0.15) is 20.3 Å². The third kappa shape index (κ3) is 3.96. The second-order valence-electron chi connectivity index (χ2n) is 4.26. The molecule has 5 nitrogen and oxygen atoms in total. The van der Waals surface area contributed by atoms with Crippen LogP contribution in [-0.2, 0) is 0 Å². The molecule has 0 radical (unpaired) electrons. The summed E-state index contributed by atoms with van der Waals surface area (Å²) in [5, 5.41) is 23.5. The van der Waals surface area contributed by atoms with Crippen LogP contribution < -0.4 is 5.32 Å². The minimum Gasteiger partial charge on any atom is -0.391 e. The van der Waals surface area contributed by atoms with Crippen LogP contribution in [-0.4, -0.2) is 22.7 Å². The number of hydrogen-bond donors (Lipinski definition) is 2. The average Bonchev–Trinajstić information content (AvgIpc) is 2.35. The maximum Gasteiger partial charge on any atom is 0.270 e. The minimum atomic E-state index is -0.442. The van der Waals surface area contributed by atoms with Crippen LogP contribution in [0.5, 0.6) is 0 Å². The van der Waals surface area contributed by atoms with E-state index in [1.54, 1.807) is 6.07 Å². The van der Waals surface area contributed by atoms with Gasteiger partial charge in [0.2, 0.25) is 0 Å². The Morgan fingerprint density at radius 3 is 2.72 bits per heavy atom. The summed E-state index contributed by atoms with van der Waals surface area (Å²) in [7, 11) is 0. The SMILES string of the molecule is CCC(C)C(O)CNc1ccc([N+](=O)[O-])cc1Br.